The SMILES string of the molecule is CC(C)(C)OC(=O)NCC1CCCN1C(=O)C1CCCN(c2ccc(Cl)nn2)C1. The molecule has 160 valence electrons. The van der Waals surface area contributed by atoms with E-state index in [0.717, 1.165) is 44.6 Å². The van der Waals surface area contributed by atoms with Crippen LogP contribution in [0.1, 0.15) is 46.5 Å². The summed E-state index contributed by atoms with van der Waals surface area (Å²) in [7, 11) is 0. The highest BCUT2D eigenvalue weighted by Gasteiger charge is 2.35. The van der Waals surface area contributed by atoms with Crippen LogP contribution in [0.5, 0.6) is 0 Å². The minimum atomic E-state index is -0.536. The number of alkyl carbamates (subject to hydrolysis) is 1. The first-order chi connectivity index (χ1) is 13.7. The van der Waals surface area contributed by atoms with Gasteiger partial charge >= 0.3 is 6.09 Å². The maximum absolute atomic E-state index is 13.2. The molecule has 3 heterocycles. The van der Waals surface area contributed by atoms with E-state index < -0.39 is 11.7 Å². The summed E-state index contributed by atoms with van der Waals surface area (Å²) in [4.78, 5) is 29.2. The quantitative estimate of drug-likeness (QED) is 0.801. The molecule has 0 bridgehead atoms. The van der Waals surface area contributed by atoms with Gasteiger partial charge < -0.3 is 19.9 Å². The van der Waals surface area contributed by atoms with Gasteiger partial charge in [-0.15, -0.1) is 10.2 Å². The zero-order valence-electron chi connectivity index (χ0n) is 17.4. The van der Waals surface area contributed by atoms with E-state index >= 15 is 0 Å². The van der Waals surface area contributed by atoms with Crippen LogP contribution >= 0.6 is 11.6 Å². The average Bonchev–Trinajstić information content (AvgIpc) is 3.14. The molecule has 9 heteroatoms. The molecular formula is C20H30ClN5O3. The number of rotatable bonds is 4. The largest absolute Gasteiger partial charge is 0.444 e. The van der Waals surface area contributed by atoms with Crippen LogP contribution in [0.2, 0.25) is 5.15 Å². The Bertz CT molecular complexity index is 722. The summed E-state index contributed by atoms with van der Waals surface area (Å²) in [6, 6.07) is 3.57. The molecule has 3 rings (SSSR count). The van der Waals surface area contributed by atoms with Gasteiger partial charge in [0, 0.05) is 32.2 Å². The second kappa shape index (κ2) is 9.15. The van der Waals surface area contributed by atoms with Gasteiger partial charge in [0.05, 0.1) is 5.92 Å². The topological polar surface area (TPSA) is 87.7 Å². The molecule has 0 saturated carbocycles. The standard InChI is InChI=1S/C20H30ClN5O3/c1-20(2,3)29-19(28)22-12-15-7-5-11-26(15)18(27)14-6-4-10-25(13-14)17-9-8-16(21)23-24-17/h8-9,14-15H,4-7,10-13H2,1-3H3,(H,22,28). The van der Waals surface area contributed by atoms with Gasteiger partial charge in [-0.25, -0.2) is 4.79 Å². The maximum atomic E-state index is 13.2. The molecule has 0 aromatic carbocycles. The summed E-state index contributed by atoms with van der Waals surface area (Å²) in [5.41, 5.74) is -0.536. The van der Waals surface area contributed by atoms with Gasteiger partial charge in [-0.2, -0.15) is 0 Å². The number of carbonyl (C=O) groups excluding carboxylic acids is 2. The van der Waals surface area contributed by atoms with E-state index in [1.54, 1.807) is 6.07 Å². The summed E-state index contributed by atoms with van der Waals surface area (Å²) in [6.07, 6.45) is 3.18. The van der Waals surface area contributed by atoms with E-state index in [0.29, 0.717) is 18.2 Å². The van der Waals surface area contributed by atoms with Crippen LogP contribution in [0.15, 0.2) is 12.1 Å². The molecule has 8 nitrogen and oxygen atoms in total. The third-order valence-corrected chi connectivity index (χ3v) is 5.46. The van der Waals surface area contributed by atoms with Crippen molar-refractivity contribution in [1.82, 2.24) is 20.4 Å². The zero-order chi connectivity index (χ0) is 21.0. The molecule has 2 fully saturated rings. The summed E-state index contributed by atoms with van der Waals surface area (Å²) in [5.74, 6) is 0.824. The fourth-order valence-electron chi connectivity index (χ4n) is 3.95. The van der Waals surface area contributed by atoms with Crippen molar-refractivity contribution in [3.05, 3.63) is 17.3 Å². The molecule has 2 aliphatic heterocycles. The van der Waals surface area contributed by atoms with Crippen molar-refractivity contribution in [2.45, 2.75) is 58.1 Å². The smallest absolute Gasteiger partial charge is 0.407 e. The van der Waals surface area contributed by atoms with Crippen molar-refractivity contribution in [3.8, 4) is 0 Å². The highest BCUT2D eigenvalue weighted by molar-refractivity contribution is 6.29. The Kier molecular flexibility index (Phi) is 6.82. The van der Waals surface area contributed by atoms with Gasteiger partial charge in [0.15, 0.2) is 11.0 Å². The first-order valence-corrected chi connectivity index (χ1v) is 10.6. The number of nitrogens with zero attached hydrogens (tertiary/aromatic N) is 4. The lowest BCUT2D eigenvalue weighted by atomic mass is 9.96. The fourth-order valence-corrected chi connectivity index (χ4v) is 4.05. The van der Waals surface area contributed by atoms with E-state index in [-0.39, 0.29) is 17.9 Å². The van der Waals surface area contributed by atoms with Crippen molar-refractivity contribution >= 4 is 29.4 Å². The normalized spacial score (nSPS) is 22.5. The predicted octanol–water partition coefficient (Wildman–Crippen LogP) is 2.86. The minimum absolute atomic E-state index is 0.0146. The van der Waals surface area contributed by atoms with Crippen LogP contribution in [0.4, 0.5) is 10.6 Å². The number of aromatic nitrogens is 2. The number of hydrogen-bond donors (Lipinski definition) is 1. The number of nitrogens with one attached hydrogen (secondary N) is 1. The van der Waals surface area contributed by atoms with Gasteiger partial charge in [0.2, 0.25) is 5.91 Å². The monoisotopic (exact) mass is 423 g/mol. The van der Waals surface area contributed by atoms with E-state index in [1.165, 1.54) is 0 Å². The Morgan fingerprint density at radius 2 is 1.97 bits per heavy atom. The number of hydrogen-bond acceptors (Lipinski definition) is 6. The Morgan fingerprint density at radius 1 is 1.21 bits per heavy atom. The molecule has 2 unspecified atom stereocenters. The highest BCUT2D eigenvalue weighted by atomic mass is 35.5. The molecule has 2 amide bonds. The minimum Gasteiger partial charge on any atom is -0.444 e. The second-order valence-electron chi connectivity index (χ2n) is 8.71. The Labute approximate surface area is 176 Å². The molecular weight excluding hydrogens is 394 g/mol. The van der Waals surface area contributed by atoms with E-state index in [9.17, 15) is 9.59 Å². The number of amides is 2. The lowest BCUT2D eigenvalue weighted by Crippen LogP contribution is -2.49. The summed E-state index contributed by atoms with van der Waals surface area (Å²) in [6.45, 7) is 8.12. The van der Waals surface area contributed by atoms with Gasteiger partial charge in [-0.1, -0.05) is 11.6 Å². The first-order valence-electron chi connectivity index (χ1n) is 10.2. The van der Waals surface area contributed by atoms with Crippen molar-refractivity contribution in [2.24, 2.45) is 5.92 Å². The molecule has 2 atom stereocenters. The first kappa shape index (κ1) is 21.6. The van der Waals surface area contributed by atoms with Crippen LogP contribution in [0.25, 0.3) is 0 Å². The molecule has 2 aliphatic rings. The lowest BCUT2D eigenvalue weighted by molar-refractivity contribution is -0.136. The van der Waals surface area contributed by atoms with Crippen LogP contribution in [0, 0.1) is 5.92 Å². The molecule has 2 saturated heterocycles. The van der Waals surface area contributed by atoms with E-state index in [2.05, 4.69) is 20.4 Å². The third kappa shape index (κ3) is 5.95. The Hall–Kier alpha value is -2.09. The lowest BCUT2D eigenvalue weighted by Gasteiger charge is -2.36. The number of ether oxygens (including phenoxy) is 1. The van der Waals surface area contributed by atoms with Gasteiger partial charge in [-0.05, 0) is 58.6 Å². The van der Waals surface area contributed by atoms with Crippen molar-refractivity contribution in [1.29, 1.82) is 0 Å². The molecule has 1 aromatic rings. The fraction of sp³-hybridized carbons (Fsp3) is 0.700. The summed E-state index contributed by atoms with van der Waals surface area (Å²) < 4.78 is 5.30. The van der Waals surface area contributed by atoms with Crippen molar-refractivity contribution in [2.75, 3.05) is 31.1 Å². The highest BCUT2D eigenvalue weighted by Crippen LogP contribution is 2.26. The van der Waals surface area contributed by atoms with Crippen LogP contribution in [0.3, 0.4) is 0 Å². The maximum Gasteiger partial charge on any atom is 0.407 e. The number of carbonyl (C=O) groups is 2. The predicted molar refractivity (Wildman–Crippen MR) is 111 cm³/mol. The molecule has 0 spiro atoms. The van der Waals surface area contributed by atoms with Crippen LogP contribution < -0.4 is 10.2 Å². The van der Waals surface area contributed by atoms with Gasteiger partial charge in [0.25, 0.3) is 0 Å². The molecule has 1 aromatic heterocycles. The summed E-state index contributed by atoms with van der Waals surface area (Å²) in [5, 5.41) is 11.2. The van der Waals surface area contributed by atoms with Crippen molar-refractivity contribution in [3.63, 3.8) is 0 Å². The van der Waals surface area contributed by atoms with Gasteiger partial charge in [-0.3, -0.25) is 4.79 Å². The summed E-state index contributed by atoms with van der Waals surface area (Å²) >= 11 is 5.83. The number of piperidine rings is 1. The average molecular weight is 424 g/mol. The third-order valence-electron chi connectivity index (χ3n) is 5.25. The van der Waals surface area contributed by atoms with E-state index in [4.69, 9.17) is 16.3 Å². The molecule has 1 N–H and O–H groups in total. The zero-order valence-corrected chi connectivity index (χ0v) is 18.1. The van der Waals surface area contributed by atoms with E-state index in [1.807, 2.05) is 31.7 Å². The molecule has 0 radical (unpaired) electrons. The van der Waals surface area contributed by atoms with Crippen LogP contribution in [-0.2, 0) is 9.53 Å². The number of anilines is 1. The number of halogens is 1. The molecule has 0 aliphatic carbocycles. The second-order valence-corrected chi connectivity index (χ2v) is 9.10. The van der Waals surface area contributed by atoms with Gasteiger partial charge in [0.1, 0.15) is 5.60 Å². The Morgan fingerprint density at radius 3 is 2.66 bits per heavy atom. The Balaban J connectivity index is 1.56. The molecule has 29 heavy (non-hydrogen) atoms. The number of likely N-dealkylation sites (tertiary alicyclic amines) is 1. The van der Waals surface area contributed by atoms with Crippen molar-refractivity contribution < 1.29 is 14.3 Å². The van der Waals surface area contributed by atoms with Crippen LogP contribution in [-0.4, -0.2) is 64.9 Å².